The Labute approximate surface area is 154 Å². The molecular formula is C21H26N2O3. The maximum atomic E-state index is 12.8. The third-order valence-electron chi connectivity index (χ3n) is 4.85. The third kappa shape index (κ3) is 4.35. The summed E-state index contributed by atoms with van der Waals surface area (Å²) in [6, 6.07) is 16.2. The van der Waals surface area contributed by atoms with Gasteiger partial charge in [-0.1, -0.05) is 30.3 Å². The number of likely N-dealkylation sites (tertiary alicyclic amines) is 1. The van der Waals surface area contributed by atoms with E-state index in [4.69, 9.17) is 9.47 Å². The van der Waals surface area contributed by atoms with Gasteiger partial charge in [0.15, 0.2) is 11.5 Å². The van der Waals surface area contributed by atoms with E-state index in [0.29, 0.717) is 23.1 Å². The van der Waals surface area contributed by atoms with Crippen LogP contribution in [0, 0.1) is 0 Å². The Morgan fingerprint density at radius 2 is 1.73 bits per heavy atom. The standard InChI is InChI=1S/C21H26N2O3/c1-25-19-9-8-17(14-20(19)26-2)21(24)23-12-10-18(11-13-23)22-15-16-6-4-3-5-7-16/h3-9,14,18,22H,10-13,15H2,1-2H3. The molecule has 0 atom stereocenters. The van der Waals surface area contributed by atoms with Crippen LogP contribution >= 0.6 is 0 Å². The largest absolute Gasteiger partial charge is 0.493 e. The van der Waals surface area contributed by atoms with E-state index in [2.05, 4.69) is 29.6 Å². The summed E-state index contributed by atoms with van der Waals surface area (Å²) in [7, 11) is 3.17. The Bertz CT molecular complexity index is 725. The lowest BCUT2D eigenvalue weighted by molar-refractivity contribution is 0.0704. The molecule has 1 heterocycles. The van der Waals surface area contributed by atoms with Crippen molar-refractivity contribution in [1.82, 2.24) is 10.2 Å². The van der Waals surface area contributed by atoms with E-state index >= 15 is 0 Å². The first-order valence-corrected chi connectivity index (χ1v) is 9.00. The molecule has 2 aromatic rings. The fourth-order valence-electron chi connectivity index (χ4n) is 3.30. The van der Waals surface area contributed by atoms with Crippen LogP contribution in [0.2, 0.25) is 0 Å². The molecule has 26 heavy (non-hydrogen) atoms. The predicted octanol–water partition coefficient (Wildman–Crippen LogP) is 3.10. The van der Waals surface area contributed by atoms with Crippen molar-refractivity contribution < 1.29 is 14.3 Å². The van der Waals surface area contributed by atoms with E-state index in [1.54, 1.807) is 32.4 Å². The number of benzene rings is 2. The van der Waals surface area contributed by atoms with Crippen molar-refractivity contribution in [1.29, 1.82) is 0 Å². The van der Waals surface area contributed by atoms with Crippen LogP contribution in [0.5, 0.6) is 11.5 Å². The van der Waals surface area contributed by atoms with Gasteiger partial charge in [-0.25, -0.2) is 0 Å². The van der Waals surface area contributed by atoms with Crippen molar-refractivity contribution in [2.24, 2.45) is 0 Å². The predicted molar refractivity (Wildman–Crippen MR) is 102 cm³/mol. The first-order valence-electron chi connectivity index (χ1n) is 9.00. The van der Waals surface area contributed by atoms with Gasteiger partial charge < -0.3 is 19.7 Å². The Balaban J connectivity index is 1.53. The molecule has 0 unspecified atom stereocenters. The van der Waals surface area contributed by atoms with Crippen LogP contribution in [0.25, 0.3) is 0 Å². The van der Waals surface area contributed by atoms with E-state index in [1.165, 1.54) is 5.56 Å². The molecule has 0 saturated carbocycles. The average Bonchev–Trinajstić information content (AvgIpc) is 2.72. The van der Waals surface area contributed by atoms with Crippen LogP contribution in [0.4, 0.5) is 0 Å². The minimum absolute atomic E-state index is 0.0486. The number of methoxy groups -OCH3 is 2. The van der Waals surface area contributed by atoms with Gasteiger partial charge in [0, 0.05) is 31.2 Å². The lowest BCUT2D eigenvalue weighted by Gasteiger charge is -2.32. The Morgan fingerprint density at radius 1 is 1.04 bits per heavy atom. The van der Waals surface area contributed by atoms with Gasteiger partial charge in [0.2, 0.25) is 0 Å². The number of hydrogen-bond acceptors (Lipinski definition) is 4. The molecule has 1 saturated heterocycles. The topological polar surface area (TPSA) is 50.8 Å². The van der Waals surface area contributed by atoms with Gasteiger partial charge in [-0.3, -0.25) is 4.79 Å². The summed E-state index contributed by atoms with van der Waals surface area (Å²) in [5.74, 6) is 1.26. The van der Waals surface area contributed by atoms with Crippen LogP contribution < -0.4 is 14.8 Å². The highest BCUT2D eigenvalue weighted by Gasteiger charge is 2.24. The minimum atomic E-state index is 0.0486. The molecule has 1 N–H and O–H groups in total. The van der Waals surface area contributed by atoms with Crippen LogP contribution in [-0.4, -0.2) is 44.2 Å². The number of rotatable bonds is 6. The van der Waals surface area contributed by atoms with Crippen molar-refractivity contribution in [2.75, 3.05) is 27.3 Å². The molecule has 1 fully saturated rings. The van der Waals surface area contributed by atoms with Crippen LogP contribution in [0.3, 0.4) is 0 Å². The summed E-state index contributed by atoms with van der Waals surface area (Å²) in [5, 5.41) is 3.60. The van der Waals surface area contributed by atoms with Crippen LogP contribution in [-0.2, 0) is 6.54 Å². The summed E-state index contributed by atoms with van der Waals surface area (Å²) in [4.78, 5) is 14.7. The smallest absolute Gasteiger partial charge is 0.253 e. The maximum Gasteiger partial charge on any atom is 0.253 e. The lowest BCUT2D eigenvalue weighted by Crippen LogP contribution is -2.44. The van der Waals surface area contributed by atoms with E-state index < -0.39 is 0 Å². The molecule has 3 rings (SSSR count). The van der Waals surface area contributed by atoms with Gasteiger partial charge in [-0.2, -0.15) is 0 Å². The fraction of sp³-hybridized carbons (Fsp3) is 0.381. The number of piperidine rings is 1. The minimum Gasteiger partial charge on any atom is -0.493 e. The van der Waals surface area contributed by atoms with Crippen molar-refractivity contribution >= 4 is 5.91 Å². The molecule has 2 aromatic carbocycles. The van der Waals surface area contributed by atoms with E-state index in [-0.39, 0.29) is 5.91 Å². The second kappa shape index (κ2) is 8.72. The number of amides is 1. The summed E-state index contributed by atoms with van der Waals surface area (Å²) < 4.78 is 10.5. The number of nitrogens with zero attached hydrogens (tertiary/aromatic N) is 1. The number of carbonyl (C=O) groups is 1. The lowest BCUT2D eigenvalue weighted by atomic mass is 10.0. The average molecular weight is 354 g/mol. The SMILES string of the molecule is COc1ccc(C(=O)N2CCC(NCc3ccccc3)CC2)cc1OC. The van der Waals surface area contributed by atoms with Crippen molar-refractivity contribution in [3.05, 3.63) is 59.7 Å². The zero-order chi connectivity index (χ0) is 18.4. The maximum absolute atomic E-state index is 12.8. The molecule has 0 spiro atoms. The molecule has 0 aliphatic carbocycles. The quantitative estimate of drug-likeness (QED) is 0.866. The van der Waals surface area contributed by atoms with Gasteiger partial charge in [0.1, 0.15) is 0 Å². The molecule has 5 heteroatoms. The Kier molecular flexibility index (Phi) is 6.12. The molecule has 5 nitrogen and oxygen atoms in total. The van der Waals surface area contributed by atoms with Gasteiger partial charge in [-0.15, -0.1) is 0 Å². The summed E-state index contributed by atoms with van der Waals surface area (Å²) >= 11 is 0. The molecule has 0 bridgehead atoms. The Morgan fingerprint density at radius 3 is 2.38 bits per heavy atom. The third-order valence-corrected chi connectivity index (χ3v) is 4.85. The molecule has 1 amide bonds. The molecule has 0 aromatic heterocycles. The van der Waals surface area contributed by atoms with Gasteiger partial charge in [-0.05, 0) is 36.6 Å². The number of nitrogens with one attached hydrogen (secondary N) is 1. The zero-order valence-corrected chi connectivity index (χ0v) is 15.4. The van der Waals surface area contributed by atoms with Gasteiger partial charge in [0.25, 0.3) is 5.91 Å². The van der Waals surface area contributed by atoms with E-state index in [9.17, 15) is 4.79 Å². The molecular weight excluding hydrogens is 328 g/mol. The second-order valence-corrected chi connectivity index (χ2v) is 6.50. The highest BCUT2D eigenvalue weighted by atomic mass is 16.5. The first-order chi connectivity index (χ1) is 12.7. The Hall–Kier alpha value is -2.53. The van der Waals surface area contributed by atoms with Crippen molar-refractivity contribution in [3.8, 4) is 11.5 Å². The number of hydrogen-bond donors (Lipinski definition) is 1. The van der Waals surface area contributed by atoms with Crippen molar-refractivity contribution in [2.45, 2.75) is 25.4 Å². The number of carbonyl (C=O) groups excluding carboxylic acids is 1. The van der Waals surface area contributed by atoms with E-state index in [0.717, 1.165) is 32.5 Å². The molecule has 1 aliphatic rings. The molecule has 138 valence electrons. The van der Waals surface area contributed by atoms with E-state index in [1.807, 2.05) is 11.0 Å². The zero-order valence-electron chi connectivity index (χ0n) is 15.4. The van der Waals surface area contributed by atoms with Gasteiger partial charge in [0.05, 0.1) is 14.2 Å². The molecule has 0 radical (unpaired) electrons. The molecule has 1 aliphatic heterocycles. The highest BCUT2D eigenvalue weighted by Crippen LogP contribution is 2.28. The number of ether oxygens (including phenoxy) is 2. The highest BCUT2D eigenvalue weighted by molar-refractivity contribution is 5.95. The van der Waals surface area contributed by atoms with Crippen molar-refractivity contribution in [3.63, 3.8) is 0 Å². The normalized spacial score (nSPS) is 14.9. The summed E-state index contributed by atoms with van der Waals surface area (Å²) in [6.07, 6.45) is 1.93. The summed E-state index contributed by atoms with van der Waals surface area (Å²) in [5.41, 5.74) is 1.93. The van der Waals surface area contributed by atoms with Gasteiger partial charge >= 0.3 is 0 Å². The fourth-order valence-corrected chi connectivity index (χ4v) is 3.30. The first kappa shape index (κ1) is 18.3. The van der Waals surface area contributed by atoms with Crippen LogP contribution in [0.15, 0.2) is 48.5 Å². The monoisotopic (exact) mass is 354 g/mol. The summed E-state index contributed by atoms with van der Waals surface area (Å²) in [6.45, 7) is 2.40. The second-order valence-electron chi connectivity index (χ2n) is 6.50. The van der Waals surface area contributed by atoms with Crippen LogP contribution in [0.1, 0.15) is 28.8 Å².